The summed E-state index contributed by atoms with van der Waals surface area (Å²) in [4.78, 5) is 14.6. The topological polar surface area (TPSA) is 91.1 Å². The van der Waals surface area contributed by atoms with Gasteiger partial charge in [-0.3, -0.25) is 4.79 Å². The van der Waals surface area contributed by atoms with Crippen molar-refractivity contribution in [1.82, 2.24) is 10.3 Å². The minimum absolute atomic E-state index is 0.0134. The lowest BCUT2D eigenvalue weighted by Crippen LogP contribution is -2.61. The zero-order valence-corrected chi connectivity index (χ0v) is 9.45. The van der Waals surface area contributed by atoms with Crippen LogP contribution in [0.5, 0.6) is 0 Å². The molecule has 0 spiro atoms. The van der Waals surface area contributed by atoms with Crippen LogP contribution in [0.15, 0.2) is 12.3 Å². The summed E-state index contributed by atoms with van der Waals surface area (Å²) < 4.78 is 0. The van der Waals surface area contributed by atoms with Gasteiger partial charge in [0.1, 0.15) is 5.69 Å². The number of anilines is 1. The molecule has 1 heterocycles. The number of nitrogen functional groups attached to an aromatic ring is 1. The molecular weight excluding hydrogens is 206 g/mol. The van der Waals surface area contributed by atoms with Crippen LogP contribution < -0.4 is 11.1 Å². The van der Waals surface area contributed by atoms with E-state index >= 15 is 0 Å². The molecule has 2 unspecified atom stereocenters. The van der Waals surface area contributed by atoms with Crippen molar-refractivity contribution in [2.75, 3.05) is 5.73 Å². The lowest BCUT2D eigenvalue weighted by atomic mass is 9.64. The fourth-order valence-corrected chi connectivity index (χ4v) is 1.93. The van der Waals surface area contributed by atoms with Crippen molar-refractivity contribution in [2.24, 2.45) is 5.41 Å². The molecule has 1 fully saturated rings. The maximum absolute atomic E-state index is 11.8. The van der Waals surface area contributed by atoms with E-state index in [4.69, 9.17) is 5.73 Å². The van der Waals surface area contributed by atoms with Gasteiger partial charge in [-0.1, -0.05) is 13.8 Å². The molecule has 2 atom stereocenters. The maximum atomic E-state index is 11.8. The zero-order valence-electron chi connectivity index (χ0n) is 9.45. The van der Waals surface area contributed by atoms with Crippen LogP contribution in [0.4, 0.5) is 5.69 Å². The van der Waals surface area contributed by atoms with E-state index in [-0.39, 0.29) is 23.5 Å². The van der Waals surface area contributed by atoms with Crippen molar-refractivity contribution in [2.45, 2.75) is 32.4 Å². The summed E-state index contributed by atoms with van der Waals surface area (Å²) in [5.41, 5.74) is 6.25. The molecule has 0 bridgehead atoms. The van der Waals surface area contributed by atoms with Gasteiger partial charge in [0.25, 0.3) is 5.91 Å². The first-order valence-electron chi connectivity index (χ1n) is 5.34. The van der Waals surface area contributed by atoms with Gasteiger partial charge < -0.3 is 21.1 Å². The van der Waals surface area contributed by atoms with Crippen molar-refractivity contribution < 1.29 is 9.90 Å². The van der Waals surface area contributed by atoms with Gasteiger partial charge in [0.2, 0.25) is 0 Å². The Labute approximate surface area is 94.0 Å². The second kappa shape index (κ2) is 3.52. The quantitative estimate of drug-likeness (QED) is 0.588. The van der Waals surface area contributed by atoms with Gasteiger partial charge in [0.05, 0.1) is 6.10 Å². The number of hydrogen-bond acceptors (Lipinski definition) is 3. The molecule has 5 N–H and O–H groups in total. The Hall–Kier alpha value is -1.49. The third-order valence-corrected chi connectivity index (χ3v) is 3.47. The highest BCUT2D eigenvalue weighted by atomic mass is 16.3. The number of carbonyl (C=O) groups is 1. The molecule has 5 nitrogen and oxygen atoms in total. The number of hydrogen-bond donors (Lipinski definition) is 4. The van der Waals surface area contributed by atoms with Crippen molar-refractivity contribution in [3.63, 3.8) is 0 Å². The first kappa shape index (κ1) is 11.0. The summed E-state index contributed by atoms with van der Waals surface area (Å²) in [5.74, 6) is -0.179. The number of aliphatic hydroxyl groups is 1. The van der Waals surface area contributed by atoms with Crippen molar-refractivity contribution in [3.8, 4) is 0 Å². The number of rotatable bonds is 2. The molecule has 1 saturated carbocycles. The SMILES string of the molecule is CC1(C)C(O)CC1NC(=O)c1cc(N)c[nH]1. The van der Waals surface area contributed by atoms with Crippen LogP contribution in [0.2, 0.25) is 0 Å². The van der Waals surface area contributed by atoms with Crippen LogP contribution in [-0.4, -0.2) is 28.1 Å². The van der Waals surface area contributed by atoms with Crippen LogP contribution in [-0.2, 0) is 0 Å². The second-order valence-electron chi connectivity index (χ2n) is 4.95. The summed E-state index contributed by atoms with van der Waals surface area (Å²) in [6.45, 7) is 3.88. The minimum atomic E-state index is -0.341. The summed E-state index contributed by atoms with van der Waals surface area (Å²) >= 11 is 0. The molecule has 88 valence electrons. The van der Waals surface area contributed by atoms with Gasteiger partial charge in [-0.05, 0) is 12.5 Å². The minimum Gasteiger partial charge on any atom is -0.397 e. The lowest BCUT2D eigenvalue weighted by molar-refractivity contribution is -0.0690. The van der Waals surface area contributed by atoms with E-state index in [2.05, 4.69) is 10.3 Å². The van der Waals surface area contributed by atoms with Crippen LogP contribution in [0.25, 0.3) is 0 Å². The highest BCUT2D eigenvalue weighted by molar-refractivity contribution is 5.93. The van der Waals surface area contributed by atoms with E-state index in [1.165, 1.54) is 0 Å². The normalized spacial score (nSPS) is 27.2. The molecule has 0 aromatic carbocycles. The Balaban J connectivity index is 1.99. The third-order valence-electron chi connectivity index (χ3n) is 3.47. The number of aromatic nitrogens is 1. The van der Waals surface area contributed by atoms with E-state index in [9.17, 15) is 9.90 Å². The van der Waals surface area contributed by atoms with Crippen LogP contribution in [0.3, 0.4) is 0 Å². The van der Waals surface area contributed by atoms with Crippen molar-refractivity contribution in [3.05, 3.63) is 18.0 Å². The number of amides is 1. The standard InChI is InChI=1S/C11H17N3O2/c1-11(2)8(4-9(11)15)14-10(16)7-3-6(12)5-13-7/h3,5,8-9,13,15H,4,12H2,1-2H3,(H,14,16). The van der Waals surface area contributed by atoms with Crippen LogP contribution in [0.1, 0.15) is 30.8 Å². The first-order chi connectivity index (χ1) is 7.41. The molecule has 5 heteroatoms. The Morgan fingerprint density at radius 3 is 2.81 bits per heavy atom. The van der Waals surface area contributed by atoms with E-state index in [1.807, 2.05) is 13.8 Å². The van der Waals surface area contributed by atoms with Gasteiger partial charge in [0, 0.05) is 23.3 Å². The number of aliphatic hydroxyl groups excluding tert-OH is 1. The maximum Gasteiger partial charge on any atom is 0.268 e. The van der Waals surface area contributed by atoms with Crippen LogP contribution in [0, 0.1) is 5.41 Å². The Bertz CT molecular complexity index is 411. The monoisotopic (exact) mass is 223 g/mol. The highest BCUT2D eigenvalue weighted by Crippen LogP contribution is 2.40. The zero-order chi connectivity index (χ0) is 11.9. The molecule has 0 aliphatic heterocycles. The van der Waals surface area contributed by atoms with E-state index in [1.54, 1.807) is 12.3 Å². The highest BCUT2D eigenvalue weighted by Gasteiger charge is 2.48. The first-order valence-corrected chi connectivity index (χ1v) is 5.34. The summed E-state index contributed by atoms with van der Waals surface area (Å²) in [6.07, 6.45) is 1.84. The van der Waals surface area contributed by atoms with Gasteiger partial charge >= 0.3 is 0 Å². The van der Waals surface area contributed by atoms with Gasteiger partial charge in [-0.25, -0.2) is 0 Å². The lowest BCUT2D eigenvalue weighted by Gasteiger charge is -2.49. The molecule has 2 rings (SSSR count). The largest absolute Gasteiger partial charge is 0.397 e. The predicted molar refractivity (Wildman–Crippen MR) is 60.9 cm³/mol. The third kappa shape index (κ3) is 1.67. The number of aromatic amines is 1. The van der Waals surface area contributed by atoms with E-state index in [0.717, 1.165) is 0 Å². The molecule has 0 saturated heterocycles. The molecule has 1 amide bonds. The Kier molecular flexibility index (Phi) is 2.42. The fourth-order valence-electron chi connectivity index (χ4n) is 1.93. The molecular formula is C11H17N3O2. The number of nitrogens with one attached hydrogen (secondary N) is 2. The average molecular weight is 223 g/mol. The Morgan fingerprint density at radius 1 is 1.69 bits per heavy atom. The predicted octanol–water partition coefficient (Wildman–Crippen LogP) is 0.486. The summed E-state index contributed by atoms with van der Waals surface area (Å²) in [5, 5.41) is 12.4. The number of nitrogens with two attached hydrogens (primary N) is 1. The van der Waals surface area contributed by atoms with E-state index in [0.29, 0.717) is 17.8 Å². The number of H-pyrrole nitrogens is 1. The average Bonchev–Trinajstić information content (AvgIpc) is 2.64. The van der Waals surface area contributed by atoms with Gasteiger partial charge in [0.15, 0.2) is 0 Å². The smallest absolute Gasteiger partial charge is 0.268 e. The Morgan fingerprint density at radius 2 is 2.38 bits per heavy atom. The molecule has 1 aliphatic rings. The van der Waals surface area contributed by atoms with Gasteiger partial charge in [-0.2, -0.15) is 0 Å². The molecule has 0 radical (unpaired) electrons. The molecule has 16 heavy (non-hydrogen) atoms. The summed E-state index contributed by atoms with van der Waals surface area (Å²) in [7, 11) is 0. The van der Waals surface area contributed by atoms with Crippen molar-refractivity contribution in [1.29, 1.82) is 0 Å². The van der Waals surface area contributed by atoms with Crippen LogP contribution >= 0.6 is 0 Å². The van der Waals surface area contributed by atoms with Gasteiger partial charge in [-0.15, -0.1) is 0 Å². The van der Waals surface area contributed by atoms with E-state index < -0.39 is 0 Å². The summed E-state index contributed by atoms with van der Waals surface area (Å²) in [6, 6.07) is 1.61. The molecule has 1 aromatic rings. The molecule has 1 aliphatic carbocycles. The number of carbonyl (C=O) groups excluding carboxylic acids is 1. The molecule has 1 aromatic heterocycles. The second-order valence-corrected chi connectivity index (χ2v) is 4.95. The fraction of sp³-hybridized carbons (Fsp3) is 0.545. The van der Waals surface area contributed by atoms with Crippen molar-refractivity contribution >= 4 is 11.6 Å².